The van der Waals surface area contributed by atoms with Gasteiger partial charge in [-0.05, 0) is 43.5 Å². The highest BCUT2D eigenvalue weighted by molar-refractivity contribution is 5.57. The monoisotopic (exact) mass is 266 g/mol. The molecule has 0 saturated heterocycles. The molecule has 0 spiro atoms. The molecule has 0 radical (unpaired) electrons. The van der Waals surface area contributed by atoms with Crippen LogP contribution in [0.5, 0.6) is 0 Å². The Morgan fingerprint density at radius 2 is 1.85 bits per heavy atom. The molecule has 20 heavy (non-hydrogen) atoms. The summed E-state index contributed by atoms with van der Waals surface area (Å²) in [7, 11) is 0. The highest BCUT2D eigenvalue weighted by atomic mass is 15.1. The van der Waals surface area contributed by atoms with Gasteiger partial charge in [0.05, 0.1) is 0 Å². The first-order valence-corrected chi connectivity index (χ1v) is 7.38. The lowest BCUT2D eigenvalue weighted by Crippen LogP contribution is -2.33. The van der Waals surface area contributed by atoms with Crippen molar-refractivity contribution in [3.05, 3.63) is 59.2 Å². The maximum atomic E-state index is 3.55. The van der Waals surface area contributed by atoms with Gasteiger partial charge in [-0.2, -0.15) is 0 Å². The van der Waals surface area contributed by atoms with Gasteiger partial charge < -0.3 is 10.2 Å². The number of nitrogens with one attached hydrogen (secondary N) is 1. The lowest BCUT2D eigenvalue weighted by Gasteiger charge is -2.30. The van der Waals surface area contributed by atoms with Crippen LogP contribution in [0.2, 0.25) is 0 Å². The molecule has 0 bridgehead atoms. The molecule has 0 aromatic heterocycles. The highest BCUT2D eigenvalue weighted by Gasteiger charge is 2.13. The predicted octanol–water partition coefficient (Wildman–Crippen LogP) is 3.78. The van der Waals surface area contributed by atoms with E-state index in [4.69, 9.17) is 0 Å². The minimum atomic E-state index is 0.990. The van der Waals surface area contributed by atoms with Crippen LogP contribution in [-0.2, 0) is 6.42 Å². The Labute approximate surface area is 121 Å². The number of anilines is 2. The third kappa shape index (κ3) is 2.64. The van der Waals surface area contributed by atoms with Crippen LogP contribution >= 0.6 is 0 Å². The van der Waals surface area contributed by atoms with Gasteiger partial charge in [-0.15, -0.1) is 0 Å². The van der Waals surface area contributed by atoms with Gasteiger partial charge in [0, 0.05) is 31.0 Å². The molecule has 1 heterocycles. The lowest BCUT2D eigenvalue weighted by atomic mass is 10.1. The van der Waals surface area contributed by atoms with E-state index in [0.29, 0.717) is 0 Å². The van der Waals surface area contributed by atoms with Crippen molar-refractivity contribution < 1.29 is 0 Å². The second-order valence-electron chi connectivity index (χ2n) is 5.61. The average molecular weight is 266 g/mol. The van der Waals surface area contributed by atoms with E-state index in [-0.39, 0.29) is 0 Å². The summed E-state index contributed by atoms with van der Waals surface area (Å²) in [5, 5.41) is 3.55. The van der Waals surface area contributed by atoms with Gasteiger partial charge in [0.2, 0.25) is 0 Å². The molecular formula is C18H22N2. The van der Waals surface area contributed by atoms with Crippen molar-refractivity contribution in [3.63, 3.8) is 0 Å². The third-order valence-corrected chi connectivity index (χ3v) is 4.06. The molecule has 2 aromatic rings. The number of hydrogen-bond acceptors (Lipinski definition) is 2. The molecule has 1 aliphatic heterocycles. The van der Waals surface area contributed by atoms with E-state index in [2.05, 4.69) is 66.5 Å². The molecule has 2 nitrogen and oxygen atoms in total. The number of benzene rings is 2. The fourth-order valence-electron chi connectivity index (χ4n) is 3.00. The molecule has 1 aliphatic rings. The Kier molecular flexibility index (Phi) is 3.64. The molecule has 0 fully saturated rings. The van der Waals surface area contributed by atoms with E-state index < -0.39 is 0 Å². The number of aryl methyl sites for hydroxylation is 2. The quantitative estimate of drug-likeness (QED) is 0.845. The molecular weight excluding hydrogens is 244 g/mol. The minimum absolute atomic E-state index is 0.990. The Morgan fingerprint density at radius 3 is 2.70 bits per heavy atom. The topological polar surface area (TPSA) is 15.3 Å². The molecule has 1 N–H and O–H groups in total. The van der Waals surface area contributed by atoms with Gasteiger partial charge in [0.25, 0.3) is 0 Å². The Hall–Kier alpha value is -1.96. The number of fused-ring (bicyclic) bond motifs is 1. The Morgan fingerprint density at radius 1 is 1.00 bits per heavy atom. The van der Waals surface area contributed by atoms with Crippen LogP contribution in [0.1, 0.15) is 16.7 Å². The summed E-state index contributed by atoms with van der Waals surface area (Å²) >= 11 is 0. The number of para-hydroxylation sites is 1. The molecule has 104 valence electrons. The molecule has 0 amide bonds. The highest BCUT2D eigenvalue weighted by Crippen LogP contribution is 2.24. The third-order valence-electron chi connectivity index (χ3n) is 4.06. The van der Waals surface area contributed by atoms with Crippen LogP contribution in [0, 0.1) is 13.8 Å². The van der Waals surface area contributed by atoms with Crippen LogP contribution in [0.3, 0.4) is 0 Å². The second kappa shape index (κ2) is 5.58. The first kappa shape index (κ1) is 13.0. The fourth-order valence-corrected chi connectivity index (χ4v) is 3.00. The van der Waals surface area contributed by atoms with E-state index in [1.807, 2.05) is 0 Å². The van der Waals surface area contributed by atoms with Crippen molar-refractivity contribution in [2.75, 3.05) is 29.9 Å². The zero-order chi connectivity index (χ0) is 13.9. The Balaban J connectivity index is 1.83. The number of hydrogen-bond donors (Lipinski definition) is 1. The van der Waals surface area contributed by atoms with Gasteiger partial charge in [-0.25, -0.2) is 0 Å². The van der Waals surface area contributed by atoms with Gasteiger partial charge >= 0.3 is 0 Å². The number of nitrogens with zero attached hydrogens (tertiary/aromatic N) is 1. The van der Waals surface area contributed by atoms with Gasteiger partial charge in [0.1, 0.15) is 0 Å². The summed E-state index contributed by atoms with van der Waals surface area (Å²) in [5.41, 5.74) is 6.80. The maximum Gasteiger partial charge on any atom is 0.0396 e. The largest absolute Gasteiger partial charge is 0.383 e. The van der Waals surface area contributed by atoms with Crippen molar-refractivity contribution in [1.29, 1.82) is 0 Å². The van der Waals surface area contributed by atoms with Crippen molar-refractivity contribution >= 4 is 11.4 Å². The molecule has 2 aromatic carbocycles. The van der Waals surface area contributed by atoms with Crippen molar-refractivity contribution in [3.8, 4) is 0 Å². The predicted molar refractivity (Wildman–Crippen MR) is 86.8 cm³/mol. The SMILES string of the molecule is Cc1ccc(N2CCNc3ccccc3CC2)c(C)c1. The summed E-state index contributed by atoms with van der Waals surface area (Å²) < 4.78 is 0. The van der Waals surface area contributed by atoms with Crippen LogP contribution in [0.15, 0.2) is 42.5 Å². The van der Waals surface area contributed by atoms with Crippen molar-refractivity contribution in [2.45, 2.75) is 20.3 Å². The van der Waals surface area contributed by atoms with E-state index >= 15 is 0 Å². The van der Waals surface area contributed by atoms with E-state index in [1.54, 1.807) is 0 Å². The van der Waals surface area contributed by atoms with Gasteiger partial charge in [0.15, 0.2) is 0 Å². The molecule has 0 saturated carbocycles. The molecule has 0 atom stereocenters. The molecule has 2 heteroatoms. The fraction of sp³-hybridized carbons (Fsp3) is 0.333. The van der Waals surface area contributed by atoms with Crippen molar-refractivity contribution in [1.82, 2.24) is 0 Å². The lowest BCUT2D eigenvalue weighted by molar-refractivity contribution is 0.772. The zero-order valence-corrected chi connectivity index (χ0v) is 12.3. The van der Waals surface area contributed by atoms with E-state index in [1.165, 1.54) is 28.1 Å². The molecule has 0 unspecified atom stereocenters. The van der Waals surface area contributed by atoms with Crippen LogP contribution < -0.4 is 10.2 Å². The Bertz CT molecular complexity index is 604. The molecule has 3 rings (SSSR count). The summed E-state index contributed by atoms with van der Waals surface area (Å²) in [5.74, 6) is 0. The summed E-state index contributed by atoms with van der Waals surface area (Å²) in [6, 6.07) is 15.4. The summed E-state index contributed by atoms with van der Waals surface area (Å²) in [4.78, 5) is 2.50. The van der Waals surface area contributed by atoms with Crippen molar-refractivity contribution in [2.24, 2.45) is 0 Å². The van der Waals surface area contributed by atoms with Crippen LogP contribution in [0.4, 0.5) is 11.4 Å². The maximum absolute atomic E-state index is 3.55. The van der Waals surface area contributed by atoms with Gasteiger partial charge in [-0.1, -0.05) is 35.9 Å². The second-order valence-corrected chi connectivity index (χ2v) is 5.61. The first-order chi connectivity index (χ1) is 9.74. The van der Waals surface area contributed by atoms with E-state index in [9.17, 15) is 0 Å². The zero-order valence-electron chi connectivity index (χ0n) is 12.3. The number of rotatable bonds is 1. The van der Waals surface area contributed by atoms with Crippen LogP contribution in [0.25, 0.3) is 0 Å². The van der Waals surface area contributed by atoms with Crippen LogP contribution in [-0.4, -0.2) is 19.6 Å². The summed E-state index contributed by atoms with van der Waals surface area (Å²) in [6.45, 7) is 7.50. The summed E-state index contributed by atoms with van der Waals surface area (Å²) in [6.07, 6.45) is 1.09. The molecule has 0 aliphatic carbocycles. The first-order valence-electron chi connectivity index (χ1n) is 7.38. The smallest absolute Gasteiger partial charge is 0.0396 e. The van der Waals surface area contributed by atoms with E-state index in [0.717, 1.165) is 26.1 Å². The average Bonchev–Trinajstić information content (AvgIpc) is 2.41. The van der Waals surface area contributed by atoms with Gasteiger partial charge in [-0.3, -0.25) is 0 Å². The minimum Gasteiger partial charge on any atom is -0.383 e. The standard InChI is InChI=1S/C18H22N2/c1-14-7-8-18(15(2)13-14)20-11-9-16-5-3-4-6-17(16)19-10-12-20/h3-8,13,19H,9-12H2,1-2H3. The normalized spacial score (nSPS) is 15.0.